The Bertz CT molecular complexity index is 756. The number of ether oxygens (including phenoxy) is 1. The van der Waals surface area contributed by atoms with E-state index in [1.54, 1.807) is 32.2 Å². The van der Waals surface area contributed by atoms with Gasteiger partial charge in [-0.1, -0.05) is 0 Å². The Labute approximate surface area is 136 Å². The van der Waals surface area contributed by atoms with Gasteiger partial charge in [0.2, 0.25) is 0 Å². The number of carbonyl (C=O) groups is 3. The second kappa shape index (κ2) is 7.01. The standard InChI is InChI=1S/C15H15N3O4S/c1-3-22-15(21)10-8(2)11(12(16)19)23-14(10)18-13(20)9-5-4-6-17-7-9/h4-7H,3H2,1-2H3,(H2,16,19)(H,18,20). The first-order valence-corrected chi connectivity index (χ1v) is 7.59. The summed E-state index contributed by atoms with van der Waals surface area (Å²) < 4.78 is 4.98. The van der Waals surface area contributed by atoms with Gasteiger partial charge in [0, 0.05) is 12.4 Å². The summed E-state index contributed by atoms with van der Waals surface area (Å²) in [5, 5.41) is 2.84. The van der Waals surface area contributed by atoms with Crippen LogP contribution in [0.1, 0.15) is 42.9 Å². The smallest absolute Gasteiger partial charge is 0.341 e. The number of nitrogens with two attached hydrogens (primary N) is 1. The normalized spacial score (nSPS) is 10.2. The lowest BCUT2D eigenvalue weighted by atomic mass is 10.1. The van der Waals surface area contributed by atoms with Crippen LogP contribution in [-0.4, -0.2) is 29.4 Å². The van der Waals surface area contributed by atoms with Crippen molar-refractivity contribution in [2.24, 2.45) is 5.73 Å². The van der Waals surface area contributed by atoms with Crippen molar-refractivity contribution in [3.05, 3.63) is 46.1 Å². The fourth-order valence-corrected chi connectivity index (χ4v) is 3.00. The molecule has 2 heterocycles. The van der Waals surface area contributed by atoms with Crippen molar-refractivity contribution in [3.63, 3.8) is 0 Å². The molecule has 120 valence electrons. The number of aromatic nitrogens is 1. The average Bonchev–Trinajstić information content (AvgIpc) is 2.85. The molecule has 0 aromatic carbocycles. The number of nitrogens with zero attached hydrogens (tertiary/aromatic N) is 1. The molecule has 0 radical (unpaired) electrons. The molecule has 0 fully saturated rings. The fourth-order valence-electron chi connectivity index (χ4n) is 1.96. The Balaban J connectivity index is 2.40. The molecule has 2 rings (SSSR count). The first-order chi connectivity index (χ1) is 11.0. The van der Waals surface area contributed by atoms with Crippen LogP contribution in [0.5, 0.6) is 0 Å². The number of hydrogen-bond acceptors (Lipinski definition) is 6. The number of esters is 1. The summed E-state index contributed by atoms with van der Waals surface area (Å²) in [5.41, 5.74) is 6.17. The van der Waals surface area contributed by atoms with E-state index >= 15 is 0 Å². The predicted octanol–water partition coefficient (Wildman–Crippen LogP) is 1.98. The third-order valence-electron chi connectivity index (χ3n) is 3.00. The second-order valence-corrected chi connectivity index (χ2v) is 5.56. The van der Waals surface area contributed by atoms with Crippen LogP contribution < -0.4 is 11.1 Å². The molecule has 3 N–H and O–H groups in total. The third kappa shape index (κ3) is 3.54. The van der Waals surface area contributed by atoms with Gasteiger partial charge in [0.05, 0.1) is 22.6 Å². The maximum absolute atomic E-state index is 12.2. The van der Waals surface area contributed by atoms with Crippen LogP contribution in [-0.2, 0) is 4.74 Å². The topological polar surface area (TPSA) is 111 Å². The summed E-state index contributed by atoms with van der Waals surface area (Å²) >= 11 is 0.944. The van der Waals surface area contributed by atoms with E-state index in [0.29, 0.717) is 11.1 Å². The lowest BCUT2D eigenvalue weighted by molar-refractivity contribution is 0.0527. The molecule has 0 spiro atoms. The molecule has 0 aliphatic carbocycles. The molecular weight excluding hydrogens is 318 g/mol. The SMILES string of the molecule is CCOC(=O)c1c(NC(=O)c2cccnc2)sc(C(N)=O)c1C. The minimum absolute atomic E-state index is 0.142. The van der Waals surface area contributed by atoms with Crippen LogP contribution in [0.3, 0.4) is 0 Å². The zero-order valence-corrected chi connectivity index (χ0v) is 13.4. The van der Waals surface area contributed by atoms with Gasteiger partial charge >= 0.3 is 5.97 Å². The monoisotopic (exact) mass is 333 g/mol. The highest BCUT2D eigenvalue weighted by Gasteiger charge is 2.25. The minimum atomic E-state index is -0.667. The molecule has 2 aromatic heterocycles. The van der Waals surface area contributed by atoms with Gasteiger partial charge in [-0.05, 0) is 31.5 Å². The molecule has 2 amide bonds. The minimum Gasteiger partial charge on any atom is -0.462 e. The number of carbonyl (C=O) groups excluding carboxylic acids is 3. The highest BCUT2D eigenvalue weighted by Crippen LogP contribution is 2.33. The molecule has 7 nitrogen and oxygen atoms in total. The maximum Gasteiger partial charge on any atom is 0.341 e. The quantitative estimate of drug-likeness (QED) is 0.813. The summed E-state index contributed by atoms with van der Waals surface area (Å²) in [6, 6.07) is 3.21. The predicted molar refractivity (Wildman–Crippen MR) is 85.7 cm³/mol. The Kier molecular flexibility index (Phi) is 5.07. The number of rotatable bonds is 5. The zero-order valence-electron chi connectivity index (χ0n) is 12.6. The zero-order chi connectivity index (χ0) is 17.0. The second-order valence-electron chi connectivity index (χ2n) is 4.54. The Morgan fingerprint density at radius 2 is 2.13 bits per heavy atom. The Hall–Kier alpha value is -2.74. The summed E-state index contributed by atoms with van der Waals surface area (Å²) in [7, 11) is 0. The van der Waals surface area contributed by atoms with E-state index in [1.165, 1.54) is 6.20 Å². The largest absolute Gasteiger partial charge is 0.462 e. The molecule has 0 bridgehead atoms. The van der Waals surface area contributed by atoms with E-state index in [2.05, 4.69) is 10.3 Å². The van der Waals surface area contributed by atoms with Gasteiger partial charge in [0.25, 0.3) is 11.8 Å². The van der Waals surface area contributed by atoms with Crippen LogP contribution in [0, 0.1) is 6.92 Å². The summed E-state index contributed by atoms with van der Waals surface area (Å²) in [5.74, 6) is -1.73. The molecule has 8 heteroatoms. The summed E-state index contributed by atoms with van der Waals surface area (Å²) in [4.78, 5) is 39.9. The van der Waals surface area contributed by atoms with Gasteiger partial charge in [0.1, 0.15) is 5.00 Å². The summed E-state index contributed by atoms with van der Waals surface area (Å²) in [6.45, 7) is 3.43. The molecule has 2 aromatic rings. The van der Waals surface area contributed by atoms with Crippen molar-refractivity contribution < 1.29 is 19.1 Å². The van der Waals surface area contributed by atoms with Crippen LogP contribution in [0.4, 0.5) is 5.00 Å². The molecule has 0 unspecified atom stereocenters. The molecule has 0 aliphatic rings. The van der Waals surface area contributed by atoms with Crippen molar-refractivity contribution in [2.75, 3.05) is 11.9 Å². The van der Waals surface area contributed by atoms with Gasteiger partial charge in [0.15, 0.2) is 0 Å². The van der Waals surface area contributed by atoms with Gasteiger partial charge in [-0.2, -0.15) is 0 Å². The van der Waals surface area contributed by atoms with E-state index in [9.17, 15) is 14.4 Å². The van der Waals surface area contributed by atoms with E-state index < -0.39 is 17.8 Å². The lowest BCUT2D eigenvalue weighted by Crippen LogP contribution is -2.15. The Morgan fingerprint density at radius 1 is 1.39 bits per heavy atom. The number of primary amides is 1. The van der Waals surface area contributed by atoms with Crippen LogP contribution in [0.25, 0.3) is 0 Å². The molecule has 0 saturated carbocycles. The van der Waals surface area contributed by atoms with Gasteiger partial charge < -0.3 is 15.8 Å². The van der Waals surface area contributed by atoms with E-state index in [0.717, 1.165) is 11.3 Å². The van der Waals surface area contributed by atoms with E-state index in [1.807, 2.05) is 0 Å². The number of thiophene rings is 1. The molecule has 23 heavy (non-hydrogen) atoms. The first-order valence-electron chi connectivity index (χ1n) is 6.77. The van der Waals surface area contributed by atoms with Crippen LogP contribution >= 0.6 is 11.3 Å². The number of pyridine rings is 1. The van der Waals surface area contributed by atoms with Crippen LogP contribution in [0.15, 0.2) is 24.5 Å². The maximum atomic E-state index is 12.2. The van der Waals surface area contributed by atoms with E-state index in [4.69, 9.17) is 10.5 Å². The van der Waals surface area contributed by atoms with Crippen molar-refractivity contribution in [1.82, 2.24) is 4.98 Å². The highest BCUT2D eigenvalue weighted by atomic mass is 32.1. The van der Waals surface area contributed by atoms with Gasteiger partial charge in [-0.25, -0.2) is 4.79 Å². The summed E-state index contributed by atoms with van der Waals surface area (Å²) in [6.07, 6.45) is 2.94. The Morgan fingerprint density at radius 3 is 2.70 bits per heavy atom. The van der Waals surface area contributed by atoms with Crippen LogP contribution in [0.2, 0.25) is 0 Å². The first kappa shape index (κ1) is 16.6. The number of hydrogen-bond donors (Lipinski definition) is 2. The van der Waals surface area contributed by atoms with E-state index in [-0.39, 0.29) is 22.0 Å². The van der Waals surface area contributed by atoms with Crippen molar-refractivity contribution in [2.45, 2.75) is 13.8 Å². The average molecular weight is 333 g/mol. The van der Waals surface area contributed by atoms with Gasteiger partial charge in [-0.3, -0.25) is 14.6 Å². The number of nitrogens with one attached hydrogen (secondary N) is 1. The lowest BCUT2D eigenvalue weighted by Gasteiger charge is -2.06. The van der Waals surface area contributed by atoms with Crippen molar-refractivity contribution in [1.29, 1.82) is 0 Å². The highest BCUT2D eigenvalue weighted by molar-refractivity contribution is 7.18. The third-order valence-corrected chi connectivity index (χ3v) is 4.22. The number of amides is 2. The van der Waals surface area contributed by atoms with Crippen molar-refractivity contribution >= 4 is 34.1 Å². The van der Waals surface area contributed by atoms with Crippen molar-refractivity contribution in [3.8, 4) is 0 Å². The molecule has 0 atom stereocenters. The molecule has 0 aliphatic heterocycles. The molecular formula is C15H15N3O4S. The number of anilines is 1. The van der Waals surface area contributed by atoms with Gasteiger partial charge in [-0.15, -0.1) is 11.3 Å². The fraction of sp³-hybridized carbons (Fsp3) is 0.200. The molecule has 0 saturated heterocycles.